The second-order valence-electron chi connectivity index (χ2n) is 4.70. The number of hydrogen-bond donors (Lipinski definition) is 0. The molecule has 0 amide bonds. The highest BCUT2D eigenvalue weighted by Crippen LogP contribution is 2.43. The Hall–Kier alpha value is -1.19. The molecule has 2 unspecified atom stereocenters. The molecule has 0 bridgehead atoms. The zero-order chi connectivity index (χ0) is 10.9. The van der Waals surface area contributed by atoms with Crippen molar-refractivity contribution in [3.8, 4) is 0 Å². The standard InChI is InChI=1S/C11H17N3O/c1-9-4-3-5-11(9,8-15)6-10-7-14(2)13-12-10/h7-9H,3-6H2,1-2H3. The molecular weight excluding hydrogens is 190 g/mol. The second kappa shape index (κ2) is 3.76. The van der Waals surface area contributed by atoms with E-state index in [4.69, 9.17) is 0 Å². The van der Waals surface area contributed by atoms with Gasteiger partial charge in [-0.1, -0.05) is 18.6 Å². The van der Waals surface area contributed by atoms with Crippen molar-refractivity contribution in [1.29, 1.82) is 0 Å². The molecule has 1 saturated carbocycles. The normalized spacial score (nSPS) is 30.7. The van der Waals surface area contributed by atoms with Crippen LogP contribution < -0.4 is 0 Å². The molecule has 15 heavy (non-hydrogen) atoms. The molecule has 2 rings (SSSR count). The number of aldehydes is 1. The molecule has 1 aromatic rings. The van der Waals surface area contributed by atoms with Gasteiger partial charge in [0.1, 0.15) is 6.29 Å². The summed E-state index contributed by atoms with van der Waals surface area (Å²) in [4.78, 5) is 11.3. The maximum absolute atomic E-state index is 11.3. The summed E-state index contributed by atoms with van der Waals surface area (Å²) < 4.78 is 1.69. The fraction of sp³-hybridized carbons (Fsp3) is 0.727. The molecule has 0 spiro atoms. The first-order valence-electron chi connectivity index (χ1n) is 5.48. The third-order valence-corrected chi connectivity index (χ3v) is 3.66. The quantitative estimate of drug-likeness (QED) is 0.703. The minimum absolute atomic E-state index is 0.184. The van der Waals surface area contributed by atoms with Crippen molar-refractivity contribution in [2.24, 2.45) is 18.4 Å². The number of nitrogens with zero attached hydrogens (tertiary/aromatic N) is 3. The predicted molar refractivity (Wildman–Crippen MR) is 56.2 cm³/mol. The van der Waals surface area contributed by atoms with Gasteiger partial charge in [-0.05, 0) is 18.8 Å². The van der Waals surface area contributed by atoms with E-state index in [1.807, 2.05) is 13.2 Å². The van der Waals surface area contributed by atoms with Gasteiger partial charge in [0.15, 0.2) is 0 Å². The topological polar surface area (TPSA) is 47.8 Å². The lowest BCUT2D eigenvalue weighted by molar-refractivity contribution is -0.117. The van der Waals surface area contributed by atoms with Crippen molar-refractivity contribution in [3.63, 3.8) is 0 Å². The molecule has 0 N–H and O–H groups in total. The zero-order valence-electron chi connectivity index (χ0n) is 9.31. The highest BCUT2D eigenvalue weighted by atomic mass is 16.1. The molecule has 0 aliphatic heterocycles. The van der Waals surface area contributed by atoms with Crippen LogP contribution in [0.25, 0.3) is 0 Å². The Morgan fingerprint density at radius 2 is 2.53 bits per heavy atom. The van der Waals surface area contributed by atoms with Crippen LogP contribution in [0.5, 0.6) is 0 Å². The van der Waals surface area contributed by atoms with E-state index in [9.17, 15) is 4.79 Å². The van der Waals surface area contributed by atoms with Crippen molar-refractivity contribution < 1.29 is 4.79 Å². The number of carbonyl (C=O) groups excluding carboxylic acids is 1. The van der Waals surface area contributed by atoms with E-state index in [-0.39, 0.29) is 5.41 Å². The Kier molecular flexibility index (Phi) is 2.59. The summed E-state index contributed by atoms with van der Waals surface area (Å²) in [5, 5.41) is 7.96. The molecule has 0 radical (unpaired) electrons. The van der Waals surface area contributed by atoms with Gasteiger partial charge in [0.2, 0.25) is 0 Å². The van der Waals surface area contributed by atoms with Crippen LogP contribution in [0.15, 0.2) is 6.20 Å². The highest BCUT2D eigenvalue weighted by molar-refractivity contribution is 5.61. The highest BCUT2D eigenvalue weighted by Gasteiger charge is 2.40. The van der Waals surface area contributed by atoms with Crippen molar-refractivity contribution in [3.05, 3.63) is 11.9 Å². The summed E-state index contributed by atoms with van der Waals surface area (Å²) >= 11 is 0. The third kappa shape index (κ3) is 1.80. The van der Waals surface area contributed by atoms with Crippen molar-refractivity contribution in [1.82, 2.24) is 15.0 Å². The van der Waals surface area contributed by atoms with Crippen LogP contribution in [0.4, 0.5) is 0 Å². The van der Waals surface area contributed by atoms with Crippen LogP contribution in [0.2, 0.25) is 0 Å². The predicted octanol–water partition coefficient (Wildman–Crippen LogP) is 1.36. The molecule has 1 aliphatic rings. The number of rotatable bonds is 3. The third-order valence-electron chi connectivity index (χ3n) is 3.66. The van der Waals surface area contributed by atoms with Crippen LogP contribution in [0.3, 0.4) is 0 Å². The van der Waals surface area contributed by atoms with Crippen LogP contribution in [-0.4, -0.2) is 21.3 Å². The summed E-state index contributed by atoms with van der Waals surface area (Å²) in [5.74, 6) is 0.469. The van der Waals surface area contributed by atoms with Crippen molar-refractivity contribution in [2.75, 3.05) is 0 Å². The lowest BCUT2D eigenvalue weighted by atomic mass is 9.76. The van der Waals surface area contributed by atoms with E-state index in [2.05, 4.69) is 17.2 Å². The van der Waals surface area contributed by atoms with Gasteiger partial charge in [-0.25, -0.2) is 0 Å². The van der Waals surface area contributed by atoms with Crippen molar-refractivity contribution >= 4 is 6.29 Å². The Morgan fingerprint density at radius 1 is 1.73 bits per heavy atom. The maximum Gasteiger partial charge on any atom is 0.126 e. The van der Waals surface area contributed by atoms with Crippen molar-refractivity contribution in [2.45, 2.75) is 32.6 Å². The molecule has 0 saturated heterocycles. The molecule has 82 valence electrons. The van der Waals surface area contributed by atoms with Gasteiger partial charge >= 0.3 is 0 Å². The lowest BCUT2D eigenvalue weighted by Crippen LogP contribution is -2.28. The molecular formula is C11H17N3O. The fourth-order valence-electron chi connectivity index (χ4n) is 2.56. The molecule has 4 heteroatoms. The van der Waals surface area contributed by atoms with E-state index in [1.54, 1.807) is 4.68 Å². The molecule has 1 aliphatic carbocycles. The lowest BCUT2D eigenvalue weighted by Gasteiger charge is -2.26. The van der Waals surface area contributed by atoms with E-state index in [0.29, 0.717) is 5.92 Å². The van der Waals surface area contributed by atoms with E-state index in [1.165, 1.54) is 0 Å². The zero-order valence-corrected chi connectivity index (χ0v) is 9.31. The summed E-state index contributed by atoms with van der Waals surface area (Å²) in [6.45, 7) is 2.16. The van der Waals surface area contributed by atoms with Gasteiger partial charge in [-0.2, -0.15) is 0 Å². The van der Waals surface area contributed by atoms with Crippen LogP contribution in [0, 0.1) is 11.3 Å². The Balaban J connectivity index is 2.18. The summed E-state index contributed by atoms with van der Waals surface area (Å²) in [5.41, 5.74) is 0.745. The largest absolute Gasteiger partial charge is 0.303 e. The second-order valence-corrected chi connectivity index (χ2v) is 4.70. The first-order chi connectivity index (χ1) is 7.16. The fourth-order valence-corrected chi connectivity index (χ4v) is 2.56. The summed E-state index contributed by atoms with van der Waals surface area (Å²) in [7, 11) is 1.85. The number of aryl methyl sites for hydroxylation is 1. The van der Waals surface area contributed by atoms with Gasteiger partial charge in [0, 0.05) is 25.1 Å². The van der Waals surface area contributed by atoms with Gasteiger partial charge in [0.25, 0.3) is 0 Å². The molecule has 1 fully saturated rings. The minimum Gasteiger partial charge on any atom is -0.303 e. The smallest absolute Gasteiger partial charge is 0.126 e. The average Bonchev–Trinajstić information content (AvgIpc) is 2.76. The number of aromatic nitrogens is 3. The first-order valence-corrected chi connectivity index (χ1v) is 5.48. The van der Waals surface area contributed by atoms with Gasteiger partial charge in [-0.3, -0.25) is 4.68 Å². The molecule has 1 aromatic heterocycles. The van der Waals surface area contributed by atoms with Crippen LogP contribution in [0.1, 0.15) is 31.9 Å². The molecule has 4 nitrogen and oxygen atoms in total. The molecule has 1 heterocycles. The number of hydrogen-bond acceptors (Lipinski definition) is 3. The van der Waals surface area contributed by atoms with E-state index in [0.717, 1.165) is 37.7 Å². The average molecular weight is 207 g/mol. The summed E-state index contributed by atoms with van der Waals surface area (Å²) in [6.07, 6.45) is 7.08. The summed E-state index contributed by atoms with van der Waals surface area (Å²) in [6, 6.07) is 0. The monoisotopic (exact) mass is 207 g/mol. The molecule has 2 atom stereocenters. The van der Waals surface area contributed by atoms with Crippen LogP contribution in [-0.2, 0) is 18.3 Å². The Bertz CT molecular complexity index is 360. The Labute approximate surface area is 89.7 Å². The maximum atomic E-state index is 11.3. The number of carbonyl (C=O) groups is 1. The van der Waals surface area contributed by atoms with Crippen LogP contribution >= 0.6 is 0 Å². The minimum atomic E-state index is -0.184. The van der Waals surface area contributed by atoms with Gasteiger partial charge < -0.3 is 4.79 Å². The molecule has 0 aromatic carbocycles. The van der Waals surface area contributed by atoms with Gasteiger partial charge in [0.05, 0.1) is 5.69 Å². The Morgan fingerprint density at radius 3 is 3.00 bits per heavy atom. The van der Waals surface area contributed by atoms with E-state index >= 15 is 0 Å². The van der Waals surface area contributed by atoms with E-state index < -0.39 is 0 Å². The first kappa shape index (κ1) is 10.3. The SMILES string of the molecule is CC1CCCC1(C=O)Cc1cn(C)nn1. The van der Waals surface area contributed by atoms with Gasteiger partial charge in [-0.15, -0.1) is 5.10 Å².